The molecule has 150 valence electrons. The van der Waals surface area contributed by atoms with E-state index >= 15 is 0 Å². The fourth-order valence-corrected chi connectivity index (χ4v) is 4.11. The van der Waals surface area contributed by atoms with Crippen LogP contribution in [0.2, 0.25) is 0 Å². The maximum atomic E-state index is 13.9. The minimum Gasteiger partial charge on any atom is -0.467 e. The van der Waals surface area contributed by atoms with Crippen LogP contribution in [0.15, 0.2) is 24.3 Å². The Bertz CT molecular complexity index is 827. The molecule has 0 N–H and O–H groups in total. The molecule has 2 atom stereocenters. The number of piperidine rings is 1. The number of halogens is 1. The van der Waals surface area contributed by atoms with E-state index in [0.717, 1.165) is 17.7 Å². The molecule has 2 aliphatic rings. The Hall–Kier alpha value is -2.77. The summed E-state index contributed by atoms with van der Waals surface area (Å²) in [5.74, 6) is -2.44. The van der Waals surface area contributed by atoms with Gasteiger partial charge in [0.2, 0.25) is 17.7 Å². The molecule has 0 bridgehead atoms. The summed E-state index contributed by atoms with van der Waals surface area (Å²) in [5, 5.41) is 0. The van der Waals surface area contributed by atoms with E-state index in [-0.39, 0.29) is 18.4 Å². The maximum Gasteiger partial charge on any atom is 0.328 e. The predicted molar refractivity (Wildman–Crippen MR) is 96.5 cm³/mol. The summed E-state index contributed by atoms with van der Waals surface area (Å²) in [6, 6.07) is 4.72. The van der Waals surface area contributed by atoms with E-state index in [2.05, 4.69) is 0 Å². The van der Waals surface area contributed by atoms with Crippen LogP contribution >= 0.6 is 0 Å². The van der Waals surface area contributed by atoms with Gasteiger partial charge >= 0.3 is 5.97 Å². The molecular weight excluding hydrogens is 367 g/mol. The first-order valence-electron chi connectivity index (χ1n) is 9.24. The molecule has 0 aliphatic carbocycles. The Morgan fingerprint density at radius 2 is 2.04 bits per heavy atom. The number of benzene rings is 1. The first kappa shape index (κ1) is 20.0. The molecule has 7 nitrogen and oxygen atoms in total. The molecule has 1 aromatic carbocycles. The van der Waals surface area contributed by atoms with Crippen LogP contribution in [0.5, 0.6) is 0 Å². The van der Waals surface area contributed by atoms with Crippen molar-refractivity contribution in [3.05, 3.63) is 35.6 Å². The third-order valence-corrected chi connectivity index (χ3v) is 5.67. The summed E-state index contributed by atoms with van der Waals surface area (Å²) in [4.78, 5) is 52.8. The minimum atomic E-state index is -1.47. The van der Waals surface area contributed by atoms with Crippen LogP contribution in [-0.2, 0) is 29.3 Å². The van der Waals surface area contributed by atoms with E-state index in [1.165, 1.54) is 37.3 Å². The van der Waals surface area contributed by atoms with Gasteiger partial charge in [-0.05, 0) is 37.0 Å². The summed E-state index contributed by atoms with van der Waals surface area (Å²) < 4.78 is 18.7. The quantitative estimate of drug-likeness (QED) is 0.573. The number of carbonyl (C=O) groups is 4. The van der Waals surface area contributed by atoms with Crippen molar-refractivity contribution >= 4 is 23.7 Å². The molecule has 0 radical (unpaired) electrons. The van der Waals surface area contributed by atoms with E-state index in [1.54, 1.807) is 6.07 Å². The molecule has 8 heteroatoms. The number of esters is 1. The smallest absolute Gasteiger partial charge is 0.328 e. The third kappa shape index (κ3) is 3.39. The summed E-state index contributed by atoms with van der Waals surface area (Å²) >= 11 is 0. The lowest BCUT2D eigenvalue weighted by Gasteiger charge is -2.36. The number of ether oxygens (including phenoxy) is 1. The van der Waals surface area contributed by atoms with E-state index in [9.17, 15) is 23.6 Å². The molecule has 0 aromatic heterocycles. The number of methoxy groups -OCH3 is 1. The molecule has 0 saturated carbocycles. The van der Waals surface area contributed by atoms with Crippen molar-refractivity contribution in [2.75, 3.05) is 20.7 Å². The average molecular weight is 390 g/mol. The Morgan fingerprint density at radius 3 is 2.64 bits per heavy atom. The van der Waals surface area contributed by atoms with Crippen LogP contribution in [0.1, 0.15) is 37.7 Å². The van der Waals surface area contributed by atoms with Crippen LogP contribution < -0.4 is 0 Å². The second kappa shape index (κ2) is 7.69. The lowest BCUT2D eigenvalue weighted by molar-refractivity contribution is -0.155. The van der Waals surface area contributed by atoms with Crippen molar-refractivity contribution in [2.24, 2.45) is 0 Å². The monoisotopic (exact) mass is 390 g/mol. The van der Waals surface area contributed by atoms with Crippen LogP contribution in [0.25, 0.3) is 0 Å². The molecular formula is C20H23FN2O5. The third-order valence-electron chi connectivity index (χ3n) is 5.67. The van der Waals surface area contributed by atoms with Crippen LogP contribution in [0, 0.1) is 5.82 Å². The highest BCUT2D eigenvalue weighted by Gasteiger charge is 2.53. The summed E-state index contributed by atoms with van der Waals surface area (Å²) in [6.07, 6.45) is 1.49. The van der Waals surface area contributed by atoms with E-state index in [1.807, 2.05) is 0 Å². The van der Waals surface area contributed by atoms with Crippen molar-refractivity contribution < 1.29 is 28.3 Å². The number of hydrogen-bond acceptors (Lipinski definition) is 5. The van der Waals surface area contributed by atoms with Crippen molar-refractivity contribution in [3.8, 4) is 0 Å². The van der Waals surface area contributed by atoms with Gasteiger partial charge in [0.1, 0.15) is 11.9 Å². The number of carbonyl (C=O) groups excluding carboxylic acids is 4. The van der Waals surface area contributed by atoms with Crippen LogP contribution in [0.4, 0.5) is 4.39 Å². The Balaban J connectivity index is 1.96. The lowest BCUT2D eigenvalue weighted by Crippen LogP contribution is -2.51. The molecule has 2 unspecified atom stereocenters. The maximum absolute atomic E-state index is 13.9. The average Bonchev–Trinajstić information content (AvgIpc) is 2.91. The van der Waals surface area contributed by atoms with E-state index < -0.39 is 41.0 Å². The van der Waals surface area contributed by atoms with E-state index in [4.69, 9.17) is 4.74 Å². The Morgan fingerprint density at radius 1 is 1.29 bits per heavy atom. The number of hydrogen-bond donors (Lipinski definition) is 0. The van der Waals surface area contributed by atoms with Gasteiger partial charge in [-0.2, -0.15) is 0 Å². The molecule has 2 fully saturated rings. The lowest BCUT2D eigenvalue weighted by atomic mass is 9.75. The highest BCUT2D eigenvalue weighted by atomic mass is 19.1. The topological polar surface area (TPSA) is 84.0 Å². The Kier molecular flexibility index (Phi) is 5.49. The van der Waals surface area contributed by atoms with Gasteiger partial charge in [-0.3, -0.25) is 19.3 Å². The van der Waals surface area contributed by atoms with Crippen molar-refractivity contribution in [1.29, 1.82) is 0 Å². The number of nitrogens with zero attached hydrogens (tertiary/aromatic N) is 2. The first-order chi connectivity index (χ1) is 13.3. The minimum absolute atomic E-state index is 0.214. The zero-order valence-electron chi connectivity index (χ0n) is 15.9. The van der Waals surface area contributed by atoms with Crippen LogP contribution in [-0.4, -0.2) is 60.2 Å². The molecule has 1 aromatic rings. The second-order valence-corrected chi connectivity index (χ2v) is 7.33. The normalized spacial score (nSPS) is 25.2. The molecule has 28 heavy (non-hydrogen) atoms. The van der Waals surface area contributed by atoms with Gasteiger partial charge in [-0.15, -0.1) is 0 Å². The van der Waals surface area contributed by atoms with Crippen LogP contribution in [0.3, 0.4) is 0 Å². The largest absolute Gasteiger partial charge is 0.467 e. The fourth-order valence-electron chi connectivity index (χ4n) is 4.11. The standard InChI is InChI=1S/C20H23FN2O5/c1-22-16(24)11-20(19(22)27,13-6-5-7-14(21)10-13)12-17(25)23-9-4-3-8-15(23)18(26)28-2/h5-7,10,15H,3-4,8-9,11-12H2,1-2H3. The van der Waals surface area contributed by atoms with Crippen molar-refractivity contribution in [2.45, 2.75) is 43.6 Å². The zero-order chi connectivity index (χ0) is 20.5. The summed E-state index contributed by atoms with van der Waals surface area (Å²) in [7, 11) is 2.62. The number of likely N-dealkylation sites (tertiary alicyclic amines) is 2. The van der Waals surface area contributed by atoms with Gasteiger partial charge in [0.05, 0.1) is 12.5 Å². The molecule has 2 heterocycles. The predicted octanol–water partition coefficient (Wildman–Crippen LogP) is 1.40. The van der Waals surface area contributed by atoms with Gasteiger partial charge < -0.3 is 9.64 Å². The van der Waals surface area contributed by atoms with E-state index in [0.29, 0.717) is 13.0 Å². The SMILES string of the molecule is COC(=O)C1CCCCN1C(=O)CC1(c2cccc(F)c2)CC(=O)N(C)C1=O. The molecule has 3 rings (SSSR count). The van der Waals surface area contributed by atoms with Gasteiger partial charge in [0.15, 0.2) is 0 Å². The summed E-state index contributed by atoms with van der Waals surface area (Å²) in [6.45, 7) is 0.371. The Labute approximate surface area is 162 Å². The number of likely N-dealkylation sites (N-methyl/N-ethyl adjacent to an activating group) is 1. The van der Waals surface area contributed by atoms with Gasteiger partial charge in [0.25, 0.3) is 0 Å². The number of imide groups is 1. The van der Waals surface area contributed by atoms with Gasteiger partial charge in [0, 0.05) is 26.4 Å². The van der Waals surface area contributed by atoms with Crippen molar-refractivity contribution in [1.82, 2.24) is 9.80 Å². The van der Waals surface area contributed by atoms with Crippen molar-refractivity contribution in [3.63, 3.8) is 0 Å². The highest BCUT2D eigenvalue weighted by molar-refractivity contribution is 6.10. The zero-order valence-corrected chi connectivity index (χ0v) is 15.9. The summed E-state index contributed by atoms with van der Waals surface area (Å²) in [5.41, 5.74) is -1.18. The number of amides is 3. The molecule has 0 spiro atoms. The molecule has 3 amide bonds. The van der Waals surface area contributed by atoms with Gasteiger partial charge in [-0.1, -0.05) is 12.1 Å². The first-order valence-corrected chi connectivity index (χ1v) is 9.24. The van der Waals surface area contributed by atoms with Gasteiger partial charge in [-0.25, -0.2) is 9.18 Å². The number of rotatable bonds is 4. The molecule has 2 aliphatic heterocycles. The second-order valence-electron chi connectivity index (χ2n) is 7.33. The fraction of sp³-hybridized carbons (Fsp3) is 0.500. The highest BCUT2D eigenvalue weighted by Crippen LogP contribution is 2.40. The molecule has 2 saturated heterocycles.